The summed E-state index contributed by atoms with van der Waals surface area (Å²) in [6, 6.07) is 0. The van der Waals surface area contributed by atoms with Gasteiger partial charge in [-0.3, -0.25) is 0 Å². The van der Waals surface area contributed by atoms with E-state index < -0.39 is 0 Å². The molecule has 0 heterocycles. The summed E-state index contributed by atoms with van der Waals surface area (Å²) in [5.74, 6) is 0. The van der Waals surface area contributed by atoms with E-state index in [4.69, 9.17) is 0 Å². The van der Waals surface area contributed by atoms with Crippen LogP contribution >= 0.6 is 42.5 Å². The quantitative estimate of drug-likeness (QED) is 0.454. The van der Waals surface area contributed by atoms with Gasteiger partial charge in [-0.05, 0) is 13.3 Å². The zero-order chi connectivity index (χ0) is 2.71. The molecule has 0 aromatic heterocycles. The van der Waals surface area contributed by atoms with E-state index in [0.717, 1.165) is 8.58 Å². The van der Waals surface area contributed by atoms with Gasteiger partial charge in [0.05, 0.1) is 0 Å². The van der Waals surface area contributed by atoms with Gasteiger partial charge in [0.2, 0.25) is 0 Å². The van der Waals surface area contributed by atoms with Crippen molar-refractivity contribution in [3.8, 4) is 0 Å². The molecule has 0 unspecified atom stereocenters. The van der Waals surface area contributed by atoms with Gasteiger partial charge in [-0.2, -0.15) is 0 Å². The molecule has 0 fully saturated rings. The molecule has 0 aromatic carbocycles. The normalized spacial score (nSPS) is 3.00. The molecule has 0 spiro atoms. The molecule has 0 saturated heterocycles. The Morgan fingerprint density at radius 2 is 1.00 bits per heavy atom. The van der Waals surface area contributed by atoms with Crippen LogP contribution in [0.5, 0.6) is 0 Å². The predicted molar refractivity (Wildman–Crippen MR) is 46.6 cm³/mol. The standard InChI is InChI=1S/C2H7P.Al.2BrH/c1-3-2;;;/h3H,1-2H3;;2*1H. The Bertz CT molecular complexity index is 11.5. The first-order chi connectivity index (χ1) is 1.41. The van der Waals surface area contributed by atoms with Crippen molar-refractivity contribution in [1.82, 2.24) is 0 Å². The second-order valence-electron chi connectivity index (χ2n) is 0.500. The second-order valence-corrected chi connectivity index (χ2v) is 1.50. The fourth-order valence-corrected chi connectivity index (χ4v) is 0. The molecule has 0 nitrogen and oxygen atoms in total. The summed E-state index contributed by atoms with van der Waals surface area (Å²) >= 11 is 0. The SMILES string of the molecule is Br.Br.CPC.[Al]. The van der Waals surface area contributed by atoms with Crippen LogP contribution < -0.4 is 0 Å². The van der Waals surface area contributed by atoms with E-state index in [2.05, 4.69) is 13.3 Å². The molecule has 0 amide bonds. The van der Waals surface area contributed by atoms with Crippen LogP contribution in [-0.4, -0.2) is 30.7 Å². The maximum absolute atomic E-state index is 2.15. The molecule has 0 aliphatic heterocycles. The fraction of sp³-hybridized carbons (Fsp3) is 1.00. The van der Waals surface area contributed by atoms with Crippen molar-refractivity contribution in [2.24, 2.45) is 0 Å². The largest absolute Gasteiger partial charge is 0.129 e. The predicted octanol–water partition coefficient (Wildman–Crippen LogP) is 1.70. The Kier molecular flexibility index (Phi) is 117. The Morgan fingerprint density at radius 1 is 1.00 bits per heavy atom. The minimum absolute atomic E-state index is 0. The molecule has 0 aliphatic carbocycles. The average Bonchev–Trinajstić information content (AvgIpc) is 0.918. The van der Waals surface area contributed by atoms with Crippen molar-refractivity contribution in [2.45, 2.75) is 0 Å². The number of hydrogen-bond donors (Lipinski definition) is 0. The van der Waals surface area contributed by atoms with Crippen molar-refractivity contribution in [3.63, 3.8) is 0 Å². The Morgan fingerprint density at radius 3 is 1.00 bits per heavy atom. The molecule has 3 radical (unpaired) electrons. The molecular weight excluding hydrogens is 242 g/mol. The summed E-state index contributed by atoms with van der Waals surface area (Å²) in [4.78, 5) is 0. The van der Waals surface area contributed by atoms with Gasteiger partial charge in [0.1, 0.15) is 0 Å². The van der Waals surface area contributed by atoms with Crippen molar-refractivity contribution >= 4 is 59.9 Å². The maximum Gasteiger partial charge on any atom is 0 e. The Hall–Kier alpha value is 1.92. The molecular formula is C2H9AlBr2P. The van der Waals surface area contributed by atoms with E-state index in [-0.39, 0.29) is 51.3 Å². The number of hydrogen-bond acceptors (Lipinski definition) is 0. The lowest BCUT2D eigenvalue weighted by Crippen LogP contribution is -1.18. The van der Waals surface area contributed by atoms with Crippen LogP contribution in [0.3, 0.4) is 0 Å². The first-order valence-electron chi connectivity index (χ1n) is 1.00. The lowest BCUT2D eigenvalue weighted by atomic mass is 11.9. The first kappa shape index (κ1) is 24.7. The van der Waals surface area contributed by atoms with Crippen molar-refractivity contribution < 1.29 is 0 Å². The number of rotatable bonds is 0. The Balaban J connectivity index is -0.00000000667. The zero-order valence-electron chi connectivity index (χ0n) is 3.89. The number of halogens is 2. The molecule has 0 rings (SSSR count). The molecule has 0 aliphatic rings. The van der Waals surface area contributed by atoms with Gasteiger partial charge < -0.3 is 0 Å². The highest BCUT2D eigenvalue weighted by atomic mass is 79.9. The second kappa shape index (κ2) is 28.4. The van der Waals surface area contributed by atoms with Crippen LogP contribution in [0.25, 0.3) is 0 Å². The van der Waals surface area contributed by atoms with Crippen molar-refractivity contribution in [1.29, 1.82) is 0 Å². The smallest absolute Gasteiger partial charge is 0 e. The third-order valence-corrected chi connectivity index (χ3v) is 0. The minimum atomic E-state index is 0. The molecule has 0 atom stereocenters. The van der Waals surface area contributed by atoms with Crippen LogP contribution in [0.1, 0.15) is 0 Å². The van der Waals surface area contributed by atoms with Crippen molar-refractivity contribution in [2.75, 3.05) is 13.3 Å². The van der Waals surface area contributed by atoms with Gasteiger partial charge in [0, 0.05) is 17.4 Å². The van der Waals surface area contributed by atoms with Gasteiger partial charge in [-0.15, -0.1) is 42.5 Å². The third-order valence-electron chi connectivity index (χ3n) is 0. The van der Waals surface area contributed by atoms with E-state index in [0.29, 0.717) is 0 Å². The lowest BCUT2D eigenvalue weighted by Gasteiger charge is -1.50. The Labute approximate surface area is 72.9 Å². The minimum Gasteiger partial charge on any atom is -0.129 e. The summed E-state index contributed by atoms with van der Waals surface area (Å²) in [6.07, 6.45) is 0. The molecule has 6 heavy (non-hydrogen) atoms. The fourth-order valence-electron chi connectivity index (χ4n) is 0. The van der Waals surface area contributed by atoms with E-state index >= 15 is 0 Å². The van der Waals surface area contributed by atoms with Gasteiger partial charge in [0.25, 0.3) is 0 Å². The first-order valence-corrected chi connectivity index (χ1v) is 3.00. The summed E-state index contributed by atoms with van der Waals surface area (Å²) in [5, 5.41) is 0. The zero-order valence-corrected chi connectivity index (χ0v) is 9.47. The third kappa shape index (κ3) is 38.8. The summed E-state index contributed by atoms with van der Waals surface area (Å²) < 4.78 is 0. The van der Waals surface area contributed by atoms with Crippen LogP contribution in [0, 0.1) is 0 Å². The van der Waals surface area contributed by atoms with Gasteiger partial charge in [-0.1, -0.05) is 0 Å². The van der Waals surface area contributed by atoms with Crippen molar-refractivity contribution in [3.05, 3.63) is 0 Å². The van der Waals surface area contributed by atoms with Gasteiger partial charge >= 0.3 is 0 Å². The summed E-state index contributed by atoms with van der Waals surface area (Å²) in [7, 11) is 1.08. The van der Waals surface area contributed by atoms with Crippen LogP contribution in [0.4, 0.5) is 0 Å². The van der Waals surface area contributed by atoms with E-state index in [1.165, 1.54) is 0 Å². The topological polar surface area (TPSA) is 0 Å². The highest BCUT2D eigenvalue weighted by molar-refractivity contribution is 8.93. The summed E-state index contributed by atoms with van der Waals surface area (Å²) in [5.41, 5.74) is 0. The van der Waals surface area contributed by atoms with Crippen LogP contribution in [0.2, 0.25) is 0 Å². The van der Waals surface area contributed by atoms with E-state index in [1.54, 1.807) is 0 Å². The average molecular weight is 251 g/mol. The molecule has 39 valence electrons. The van der Waals surface area contributed by atoms with Crippen LogP contribution in [0.15, 0.2) is 0 Å². The molecule has 0 N–H and O–H groups in total. The highest BCUT2D eigenvalue weighted by Gasteiger charge is 1.33. The van der Waals surface area contributed by atoms with Gasteiger partial charge in [-0.25, -0.2) is 0 Å². The molecule has 0 bridgehead atoms. The monoisotopic (exact) mass is 249 g/mol. The van der Waals surface area contributed by atoms with Crippen LogP contribution in [-0.2, 0) is 0 Å². The molecule has 0 aromatic rings. The van der Waals surface area contributed by atoms with E-state index in [1.807, 2.05) is 0 Å². The van der Waals surface area contributed by atoms with Gasteiger partial charge in [0.15, 0.2) is 0 Å². The highest BCUT2D eigenvalue weighted by Crippen LogP contribution is 1.84. The van der Waals surface area contributed by atoms with E-state index in [9.17, 15) is 0 Å². The maximum atomic E-state index is 2.15. The molecule has 0 saturated carbocycles. The molecule has 4 heteroatoms. The lowest BCUT2D eigenvalue weighted by molar-refractivity contribution is 2.32. The summed E-state index contributed by atoms with van der Waals surface area (Å²) in [6.45, 7) is 4.31.